The largest absolute Gasteiger partial charge is 0.359 e. The zero-order valence-corrected chi connectivity index (χ0v) is 9.69. The molecule has 1 N–H and O–H groups in total. The molecule has 1 aliphatic rings. The van der Waals surface area contributed by atoms with Crippen LogP contribution in [0.4, 0.5) is 0 Å². The predicted octanol–water partition coefficient (Wildman–Crippen LogP) is 0.866. The first-order chi connectivity index (χ1) is 7.72. The molecular formula is C11H17N3O2. The lowest BCUT2D eigenvalue weighted by molar-refractivity contribution is -0.131. The normalized spacial score (nSPS) is 20.4. The van der Waals surface area contributed by atoms with Gasteiger partial charge in [0.2, 0.25) is 5.91 Å². The molecule has 0 aromatic carbocycles. The van der Waals surface area contributed by atoms with E-state index in [4.69, 9.17) is 4.52 Å². The van der Waals surface area contributed by atoms with Gasteiger partial charge >= 0.3 is 0 Å². The van der Waals surface area contributed by atoms with Crippen LogP contribution >= 0.6 is 0 Å². The lowest BCUT2D eigenvalue weighted by Gasteiger charge is -2.22. The monoisotopic (exact) mass is 223 g/mol. The van der Waals surface area contributed by atoms with E-state index in [0.29, 0.717) is 6.54 Å². The summed E-state index contributed by atoms with van der Waals surface area (Å²) in [5.41, 5.74) is 0.864. The molecule has 5 nitrogen and oxygen atoms in total. The number of nitrogens with one attached hydrogen (secondary N) is 1. The number of carbonyl (C=O) groups excluding carboxylic acids is 1. The average Bonchev–Trinajstić information content (AvgIpc) is 2.85. The van der Waals surface area contributed by atoms with Crippen molar-refractivity contribution in [3.63, 3.8) is 0 Å². The van der Waals surface area contributed by atoms with Crippen LogP contribution in [0.25, 0.3) is 0 Å². The Morgan fingerprint density at radius 1 is 1.75 bits per heavy atom. The summed E-state index contributed by atoms with van der Waals surface area (Å²) in [7, 11) is 1.78. The van der Waals surface area contributed by atoms with E-state index < -0.39 is 0 Å². The number of likely N-dealkylation sites (N-methyl/N-ethyl adjacent to an activating group) is 1. The molecule has 0 spiro atoms. The van der Waals surface area contributed by atoms with Gasteiger partial charge < -0.3 is 14.7 Å². The van der Waals surface area contributed by atoms with E-state index in [1.807, 2.05) is 17.9 Å². The lowest BCUT2D eigenvalue weighted by Crippen LogP contribution is -2.36. The topological polar surface area (TPSA) is 58.4 Å². The quantitative estimate of drug-likeness (QED) is 0.826. The van der Waals surface area contributed by atoms with Crippen molar-refractivity contribution in [2.75, 3.05) is 20.1 Å². The van der Waals surface area contributed by atoms with Crippen molar-refractivity contribution in [3.8, 4) is 0 Å². The number of aromatic nitrogens is 1. The van der Waals surface area contributed by atoms with Gasteiger partial charge in [-0.3, -0.25) is 4.79 Å². The Balaban J connectivity index is 2.11. The van der Waals surface area contributed by atoms with Crippen LogP contribution < -0.4 is 5.32 Å². The number of likely N-dealkylation sites (tertiary alicyclic amines) is 1. The van der Waals surface area contributed by atoms with E-state index in [0.717, 1.165) is 30.8 Å². The molecule has 1 aromatic heterocycles. The molecule has 88 valence electrons. The van der Waals surface area contributed by atoms with Crippen LogP contribution in [-0.4, -0.2) is 36.1 Å². The van der Waals surface area contributed by atoms with Gasteiger partial charge in [-0.1, -0.05) is 5.16 Å². The first-order valence-corrected chi connectivity index (χ1v) is 5.59. The Morgan fingerprint density at radius 3 is 3.19 bits per heavy atom. The number of rotatable bonds is 3. The summed E-state index contributed by atoms with van der Waals surface area (Å²) in [5.74, 6) is 0.929. The third-order valence-electron chi connectivity index (χ3n) is 2.88. The highest BCUT2D eigenvalue weighted by molar-refractivity contribution is 5.78. The predicted molar refractivity (Wildman–Crippen MR) is 58.9 cm³/mol. The van der Waals surface area contributed by atoms with Crippen LogP contribution in [0, 0.1) is 6.92 Å². The van der Waals surface area contributed by atoms with Gasteiger partial charge in [0.05, 0.1) is 18.3 Å². The molecule has 1 aliphatic heterocycles. The smallest absolute Gasteiger partial charge is 0.237 e. The molecule has 5 heteroatoms. The van der Waals surface area contributed by atoms with Gasteiger partial charge in [-0.05, 0) is 26.8 Å². The Labute approximate surface area is 94.8 Å². The molecular weight excluding hydrogens is 206 g/mol. The molecule has 1 atom stereocenters. The second-order valence-electron chi connectivity index (χ2n) is 4.15. The van der Waals surface area contributed by atoms with E-state index in [1.54, 1.807) is 7.05 Å². The summed E-state index contributed by atoms with van der Waals surface area (Å²) < 4.78 is 5.24. The SMILES string of the molecule is CNCC(=O)N1CCCC1c1cc(C)no1. The first kappa shape index (κ1) is 11.1. The van der Waals surface area contributed by atoms with Crippen LogP contribution in [0.1, 0.15) is 30.3 Å². The fourth-order valence-corrected chi connectivity index (χ4v) is 2.15. The summed E-state index contributed by atoms with van der Waals surface area (Å²) >= 11 is 0. The van der Waals surface area contributed by atoms with E-state index in [-0.39, 0.29) is 11.9 Å². The highest BCUT2D eigenvalue weighted by atomic mass is 16.5. The zero-order valence-electron chi connectivity index (χ0n) is 9.69. The van der Waals surface area contributed by atoms with Crippen LogP contribution in [0.3, 0.4) is 0 Å². The molecule has 1 aromatic rings. The molecule has 16 heavy (non-hydrogen) atoms. The molecule has 1 unspecified atom stereocenters. The number of hydrogen-bond donors (Lipinski definition) is 1. The molecule has 1 saturated heterocycles. The van der Waals surface area contributed by atoms with Gasteiger partial charge in [0.25, 0.3) is 0 Å². The summed E-state index contributed by atoms with van der Waals surface area (Å²) in [5, 5.41) is 6.76. The van der Waals surface area contributed by atoms with E-state index in [2.05, 4.69) is 10.5 Å². The van der Waals surface area contributed by atoms with Crippen molar-refractivity contribution in [2.24, 2.45) is 0 Å². The number of aryl methyl sites for hydroxylation is 1. The fraction of sp³-hybridized carbons (Fsp3) is 0.636. The maximum absolute atomic E-state index is 11.8. The van der Waals surface area contributed by atoms with Gasteiger partial charge in [0.15, 0.2) is 5.76 Å². The Bertz CT molecular complexity index is 375. The first-order valence-electron chi connectivity index (χ1n) is 5.59. The molecule has 1 amide bonds. The minimum atomic E-state index is 0.0713. The number of nitrogens with zero attached hydrogens (tertiary/aromatic N) is 2. The Hall–Kier alpha value is -1.36. The molecule has 0 aliphatic carbocycles. The van der Waals surface area contributed by atoms with E-state index in [1.165, 1.54) is 0 Å². The standard InChI is InChI=1S/C11H17N3O2/c1-8-6-10(16-13-8)9-4-3-5-14(9)11(15)7-12-2/h6,9,12H,3-5,7H2,1-2H3. The molecule has 0 saturated carbocycles. The highest BCUT2D eigenvalue weighted by Gasteiger charge is 2.31. The van der Waals surface area contributed by atoms with Crippen LogP contribution in [0.15, 0.2) is 10.6 Å². The number of hydrogen-bond acceptors (Lipinski definition) is 4. The zero-order chi connectivity index (χ0) is 11.5. The van der Waals surface area contributed by atoms with Gasteiger partial charge in [0.1, 0.15) is 0 Å². The van der Waals surface area contributed by atoms with Crippen molar-refractivity contribution in [3.05, 3.63) is 17.5 Å². The molecule has 2 heterocycles. The van der Waals surface area contributed by atoms with Crippen LogP contribution in [0.5, 0.6) is 0 Å². The molecule has 2 rings (SSSR count). The van der Waals surface area contributed by atoms with Crippen molar-refractivity contribution < 1.29 is 9.32 Å². The van der Waals surface area contributed by atoms with Gasteiger partial charge in [-0.15, -0.1) is 0 Å². The van der Waals surface area contributed by atoms with Crippen LogP contribution in [-0.2, 0) is 4.79 Å². The second-order valence-corrected chi connectivity index (χ2v) is 4.15. The molecule has 1 fully saturated rings. The Morgan fingerprint density at radius 2 is 2.56 bits per heavy atom. The minimum Gasteiger partial charge on any atom is -0.359 e. The fourth-order valence-electron chi connectivity index (χ4n) is 2.15. The maximum atomic E-state index is 11.8. The number of amides is 1. The minimum absolute atomic E-state index is 0.0713. The van der Waals surface area contributed by atoms with Crippen molar-refractivity contribution in [1.82, 2.24) is 15.4 Å². The molecule has 0 bridgehead atoms. The average molecular weight is 223 g/mol. The Kier molecular flexibility index (Phi) is 3.24. The van der Waals surface area contributed by atoms with E-state index >= 15 is 0 Å². The number of carbonyl (C=O) groups is 1. The van der Waals surface area contributed by atoms with Gasteiger partial charge in [0, 0.05) is 12.6 Å². The summed E-state index contributed by atoms with van der Waals surface area (Å²) in [6.07, 6.45) is 1.99. The lowest BCUT2D eigenvalue weighted by atomic mass is 10.1. The van der Waals surface area contributed by atoms with Crippen molar-refractivity contribution in [1.29, 1.82) is 0 Å². The third-order valence-corrected chi connectivity index (χ3v) is 2.88. The maximum Gasteiger partial charge on any atom is 0.237 e. The van der Waals surface area contributed by atoms with Crippen molar-refractivity contribution >= 4 is 5.91 Å². The highest BCUT2D eigenvalue weighted by Crippen LogP contribution is 2.31. The summed E-state index contributed by atoms with van der Waals surface area (Å²) in [6, 6.07) is 1.98. The van der Waals surface area contributed by atoms with E-state index in [9.17, 15) is 4.79 Å². The van der Waals surface area contributed by atoms with Gasteiger partial charge in [-0.25, -0.2) is 0 Å². The summed E-state index contributed by atoms with van der Waals surface area (Å²) in [6.45, 7) is 3.08. The van der Waals surface area contributed by atoms with Gasteiger partial charge in [-0.2, -0.15) is 0 Å². The second kappa shape index (κ2) is 4.65. The van der Waals surface area contributed by atoms with Crippen LogP contribution in [0.2, 0.25) is 0 Å². The summed E-state index contributed by atoms with van der Waals surface area (Å²) in [4.78, 5) is 13.7. The third kappa shape index (κ3) is 2.09. The molecule has 0 radical (unpaired) electrons. The van der Waals surface area contributed by atoms with Crippen molar-refractivity contribution in [2.45, 2.75) is 25.8 Å².